The maximum atomic E-state index is 11.9. The van der Waals surface area contributed by atoms with E-state index in [1.807, 2.05) is 0 Å². The van der Waals surface area contributed by atoms with Crippen LogP contribution < -0.4 is 0 Å². The number of hydrogen-bond donors (Lipinski definition) is 1. The van der Waals surface area contributed by atoms with Gasteiger partial charge in [0.2, 0.25) is 0 Å². The number of β-amino-alcohol motifs (C(OH)–C–C–N with tert-alkyl or cyclic N) is 1. The largest absolute Gasteiger partial charge is 0.389 e. The molecule has 66 valence electrons. The third-order valence-electron chi connectivity index (χ3n) is 2.46. The minimum Gasteiger partial charge on any atom is -0.389 e. The average Bonchev–Trinajstić information content (AvgIpc) is 1.98. The van der Waals surface area contributed by atoms with Crippen molar-refractivity contribution in [2.45, 2.75) is 31.9 Å². The highest BCUT2D eigenvalue weighted by molar-refractivity contribution is 4.92. The Labute approximate surface area is 67.0 Å². The molecule has 11 heavy (non-hydrogen) atoms. The van der Waals surface area contributed by atoms with Crippen molar-refractivity contribution in [3.8, 4) is 0 Å². The highest BCUT2D eigenvalue weighted by Gasteiger charge is 2.36. The van der Waals surface area contributed by atoms with E-state index in [-0.39, 0.29) is 5.54 Å². The molecule has 1 rings (SSSR count). The molecule has 1 aliphatic rings. The molecule has 0 saturated carbocycles. The van der Waals surface area contributed by atoms with Crippen LogP contribution in [-0.4, -0.2) is 41.4 Å². The molecule has 1 aliphatic heterocycles. The molecular weight excluding hydrogens is 145 g/mol. The van der Waals surface area contributed by atoms with Gasteiger partial charge in [-0.1, -0.05) is 0 Å². The summed E-state index contributed by atoms with van der Waals surface area (Å²) in [6.07, 6.45) is 0.348. The van der Waals surface area contributed by atoms with Gasteiger partial charge in [0.15, 0.2) is 0 Å². The van der Waals surface area contributed by atoms with E-state index in [0.29, 0.717) is 6.54 Å². The Morgan fingerprint density at radius 2 is 2.27 bits per heavy atom. The normalized spacial score (nSPS) is 26.2. The first-order valence-corrected chi connectivity index (χ1v) is 4.05. The fourth-order valence-electron chi connectivity index (χ4n) is 1.36. The highest BCUT2D eigenvalue weighted by atomic mass is 19.1. The molecule has 0 spiro atoms. The third kappa shape index (κ3) is 1.91. The number of aliphatic hydroxyl groups is 1. The van der Waals surface area contributed by atoms with Crippen molar-refractivity contribution in [3.05, 3.63) is 0 Å². The molecule has 0 radical (unpaired) electrons. The minimum atomic E-state index is -0.797. The van der Waals surface area contributed by atoms with E-state index in [1.54, 1.807) is 0 Å². The molecular formula is C8H16FNO. The lowest BCUT2D eigenvalue weighted by Crippen LogP contribution is -2.58. The number of rotatable bonds is 3. The minimum absolute atomic E-state index is 0.177. The van der Waals surface area contributed by atoms with Gasteiger partial charge in [0, 0.05) is 18.6 Å². The number of alkyl halides is 1. The monoisotopic (exact) mass is 161 g/mol. The van der Waals surface area contributed by atoms with Gasteiger partial charge in [-0.25, -0.2) is 4.39 Å². The Hall–Kier alpha value is -0.150. The van der Waals surface area contributed by atoms with Crippen molar-refractivity contribution in [1.29, 1.82) is 0 Å². The Kier molecular flexibility index (Phi) is 2.50. The van der Waals surface area contributed by atoms with Crippen LogP contribution in [0.4, 0.5) is 4.39 Å². The second-order valence-electron chi connectivity index (χ2n) is 3.82. The maximum Gasteiger partial charge on any atom is 0.117 e. The van der Waals surface area contributed by atoms with Gasteiger partial charge < -0.3 is 5.11 Å². The molecule has 1 unspecified atom stereocenters. The predicted molar refractivity (Wildman–Crippen MR) is 42.3 cm³/mol. The zero-order valence-corrected chi connectivity index (χ0v) is 7.18. The summed E-state index contributed by atoms with van der Waals surface area (Å²) >= 11 is 0. The number of aliphatic hydroxyl groups excluding tert-OH is 1. The first kappa shape index (κ1) is 8.94. The molecule has 1 atom stereocenters. The summed E-state index contributed by atoms with van der Waals surface area (Å²) in [5.41, 5.74) is 0.177. The average molecular weight is 161 g/mol. The van der Waals surface area contributed by atoms with Crippen molar-refractivity contribution >= 4 is 0 Å². The van der Waals surface area contributed by atoms with E-state index in [4.69, 9.17) is 5.11 Å². The van der Waals surface area contributed by atoms with Crippen LogP contribution >= 0.6 is 0 Å². The number of likely N-dealkylation sites (tertiary alicyclic amines) is 1. The Morgan fingerprint density at radius 3 is 2.55 bits per heavy atom. The summed E-state index contributed by atoms with van der Waals surface area (Å²) in [6, 6.07) is 0. The van der Waals surface area contributed by atoms with Crippen molar-refractivity contribution < 1.29 is 9.50 Å². The SMILES string of the molecule is CC1(C)CCN1CC(O)CF. The van der Waals surface area contributed by atoms with Gasteiger partial charge in [-0.05, 0) is 20.3 Å². The van der Waals surface area contributed by atoms with E-state index in [0.717, 1.165) is 13.0 Å². The zero-order valence-electron chi connectivity index (χ0n) is 7.18. The van der Waals surface area contributed by atoms with Gasteiger partial charge >= 0.3 is 0 Å². The molecule has 0 aromatic rings. The smallest absolute Gasteiger partial charge is 0.117 e. The zero-order chi connectivity index (χ0) is 8.48. The molecule has 1 N–H and O–H groups in total. The van der Waals surface area contributed by atoms with E-state index in [1.165, 1.54) is 0 Å². The summed E-state index contributed by atoms with van der Waals surface area (Å²) in [6.45, 7) is 5.06. The van der Waals surface area contributed by atoms with Crippen molar-refractivity contribution in [1.82, 2.24) is 4.90 Å². The molecule has 0 aliphatic carbocycles. The van der Waals surface area contributed by atoms with Gasteiger partial charge in [-0.15, -0.1) is 0 Å². The van der Waals surface area contributed by atoms with Gasteiger partial charge in [0.1, 0.15) is 6.67 Å². The molecule has 0 bridgehead atoms. The first-order chi connectivity index (χ1) is 5.06. The Balaban J connectivity index is 2.28. The molecule has 0 aromatic carbocycles. The summed E-state index contributed by atoms with van der Waals surface area (Å²) in [5, 5.41) is 9.01. The Morgan fingerprint density at radius 1 is 1.64 bits per heavy atom. The number of hydrogen-bond acceptors (Lipinski definition) is 2. The first-order valence-electron chi connectivity index (χ1n) is 4.05. The van der Waals surface area contributed by atoms with Crippen LogP contribution in [0.15, 0.2) is 0 Å². The molecule has 2 nitrogen and oxygen atoms in total. The van der Waals surface area contributed by atoms with E-state index in [9.17, 15) is 4.39 Å². The van der Waals surface area contributed by atoms with Gasteiger partial charge in [0.25, 0.3) is 0 Å². The summed E-state index contributed by atoms with van der Waals surface area (Å²) in [7, 11) is 0. The van der Waals surface area contributed by atoms with Crippen molar-refractivity contribution in [2.75, 3.05) is 19.8 Å². The third-order valence-corrected chi connectivity index (χ3v) is 2.46. The van der Waals surface area contributed by atoms with Gasteiger partial charge in [-0.3, -0.25) is 4.90 Å². The molecule has 0 aromatic heterocycles. The highest BCUT2D eigenvalue weighted by Crippen LogP contribution is 2.28. The molecule has 0 amide bonds. The lowest BCUT2D eigenvalue weighted by Gasteiger charge is -2.49. The lowest BCUT2D eigenvalue weighted by molar-refractivity contribution is -0.0260. The van der Waals surface area contributed by atoms with Crippen LogP contribution in [0.2, 0.25) is 0 Å². The summed E-state index contributed by atoms with van der Waals surface area (Å²) < 4.78 is 11.9. The quantitative estimate of drug-likeness (QED) is 0.662. The summed E-state index contributed by atoms with van der Waals surface area (Å²) in [5.74, 6) is 0. The van der Waals surface area contributed by atoms with Crippen molar-refractivity contribution in [3.63, 3.8) is 0 Å². The summed E-state index contributed by atoms with van der Waals surface area (Å²) in [4.78, 5) is 2.11. The standard InChI is InChI=1S/C8H16FNO/c1-8(2)3-4-10(8)6-7(11)5-9/h7,11H,3-6H2,1-2H3. The van der Waals surface area contributed by atoms with Crippen LogP contribution in [0.25, 0.3) is 0 Å². The van der Waals surface area contributed by atoms with E-state index >= 15 is 0 Å². The van der Waals surface area contributed by atoms with Crippen LogP contribution in [0.5, 0.6) is 0 Å². The van der Waals surface area contributed by atoms with E-state index in [2.05, 4.69) is 18.7 Å². The molecule has 1 saturated heterocycles. The molecule has 1 fully saturated rings. The lowest BCUT2D eigenvalue weighted by atomic mass is 9.89. The van der Waals surface area contributed by atoms with Crippen molar-refractivity contribution in [2.24, 2.45) is 0 Å². The topological polar surface area (TPSA) is 23.5 Å². The van der Waals surface area contributed by atoms with Crippen LogP contribution in [0, 0.1) is 0 Å². The van der Waals surface area contributed by atoms with Crippen LogP contribution in [-0.2, 0) is 0 Å². The second-order valence-corrected chi connectivity index (χ2v) is 3.82. The number of nitrogens with zero attached hydrogens (tertiary/aromatic N) is 1. The Bertz CT molecular complexity index is 138. The van der Waals surface area contributed by atoms with Gasteiger partial charge in [0.05, 0.1) is 6.10 Å². The predicted octanol–water partition coefficient (Wildman–Crippen LogP) is 0.801. The van der Waals surface area contributed by atoms with E-state index < -0.39 is 12.8 Å². The fourth-order valence-corrected chi connectivity index (χ4v) is 1.36. The number of halogens is 1. The second kappa shape index (κ2) is 3.07. The maximum absolute atomic E-state index is 11.9. The van der Waals surface area contributed by atoms with Crippen LogP contribution in [0.3, 0.4) is 0 Å². The fraction of sp³-hybridized carbons (Fsp3) is 1.00. The molecule has 3 heteroatoms. The molecule has 1 heterocycles. The van der Waals surface area contributed by atoms with Crippen LogP contribution in [0.1, 0.15) is 20.3 Å². The van der Waals surface area contributed by atoms with Gasteiger partial charge in [-0.2, -0.15) is 0 Å².